The van der Waals surface area contributed by atoms with Crippen molar-refractivity contribution in [2.75, 3.05) is 14.2 Å². The molecule has 0 N–H and O–H groups in total. The van der Waals surface area contributed by atoms with Crippen LogP contribution in [0.15, 0.2) is 48.6 Å². The summed E-state index contributed by atoms with van der Waals surface area (Å²) < 4.78 is 10.4. The van der Waals surface area contributed by atoms with E-state index in [1.165, 1.54) is 0 Å². The van der Waals surface area contributed by atoms with Crippen molar-refractivity contribution in [3.8, 4) is 11.5 Å². The van der Waals surface area contributed by atoms with Gasteiger partial charge in [-0.2, -0.15) is 0 Å². The quantitative estimate of drug-likeness (QED) is 0.760. The van der Waals surface area contributed by atoms with Crippen molar-refractivity contribution >= 4 is 11.9 Å². The predicted octanol–water partition coefficient (Wildman–Crippen LogP) is 3.03. The molecule has 3 nitrogen and oxygen atoms in total. The third kappa shape index (κ3) is 3.13. The highest BCUT2D eigenvalue weighted by molar-refractivity contribution is 5.98. The Hall–Kier alpha value is -2.29. The van der Waals surface area contributed by atoms with Gasteiger partial charge in [0.05, 0.1) is 20.1 Å². The molecule has 19 heavy (non-hydrogen) atoms. The Morgan fingerprint density at radius 2 is 1.79 bits per heavy atom. The van der Waals surface area contributed by atoms with Crippen LogP contribution in [0, 0.1) is 5.92 Å². The summed E-state index contributed by atoms with van der Waals surface area (Å²) in [7, 11) is 3.18. The minimum Gasteiger partial charge on any atom is -0.493 e. The molecule has 0 spiro atoms. The second-order valence-electron chi connectivity index (χ2n) is 4.15. The molecular formula is C16H16O3. The van der Waals surface area contributed by atoms with Gasteiger partial charge >= 0.3 is 0 Å². The fourth-order valence-electron chi connectivity index (χ4n) is 1.87. The molecule has 98 valence electrons. The first-order chi connectivity index (χ1) is 9.24. The van der Waals surface area contributed by atoms with Crippen LogP contribution in [0.4, 0.5) is 0 Å². The Morgan fingerprint density at radius 1 is 1.11 bits per heavy atom. The topological polar surface area (TPSA) is 35.5 Å². The van der Waals surface area contributed by atoms with E-state index in [4.69, 9.17) is 9.47 Å². The van der Waals surface area contributed by atoms with E-state index in [-0.39, 0.29) is 11.7 Å². The Bertz CT molecular complexity index is 541. The molecule has 0 heterocycles. The molecule has 1 aliphatic carbocycles. The van der Waals surface area contributed by atoms with Crippen LogP contribution in [0.25, 0.3) is 6.08 Å². The molecular weight excluding hydrogens is 240 g/mol. The number of methoxy groups -OCH3 is 2. The van der Waals surface area contributed by atoms with Crippen LogP contribution in [-0.2, 0) is 4.79 Å². The van der Waals surface area contributed by atoms with Crippen LogP contribution in [0.2, 0.25) is 0 Å². The van der Waals surface area contributed by atoms with Gasteiger partial charge in [-0.15, -0.1) is 0 Å². The van der Waals surface area contributed by atoms with Gasteiger partial charge in [0.1, 0.15) is 0 Å². The van der Waals surface area contributed by atoms with Gasteiger partial charge in [-0.05, 0) is 23.8 Å². The number of benzene rings is 1. The highest BCUT2D eigenvalue weighted by Crippen LogP contribution is 2.28. The molecule has 0 radical (unpaired) electrons. The van der Waals surface area contributed by atoms with E-state index < -0.39 is 0 Å². The van der Waals surface area contributed by atoms with E-state index >= 15 is 0 Å². The molecule has 0 aromatic heterocycles. The maximum absolute atomic E-state index is 11.9. The van der Waals surface area contributed by atoms with Crippen LogP contribution in [0.1, 0.15) is 5.56 Å². The van der Waals surface area contributed by atoms with Gasteiger partial charge < -0.3 is 9.47 Å². The predicted molar refractivity (Wildman–Crippen MR) is 75.4 cm³/mol. The molecule has 1 aromatic carbocycles. The number of hydrogen-bond donors (Lipinski definition) is 0. The molecule has 2 rings (SSSR count). The molecule has 0 atom stereocenters. The zero-order valence-corrected chi connectivity index (χ0v) is 11.0. The first-order valence-corrected chi connectivity index (χ1v) is 6.03. The van der Waals surface area contributed by atoms with Crippen molar-refractivity contribution in [2.45, 2.75) is 0 Å². The van der Waals surface area contributed by atoms with Crippen LogP contribution in [0.3, 0.4) is 0 Å². The third-order valence-corrected chi connectivity index (χ3v) is 2.92. The minimum atomic E-state index is -0.128. The number of allylic oxidation sites excluding steroid dienone is 5. The average Bonchev–Trinajstić information content (AvgIpc) is 2.98. The lowest BCUT2D eigenvalue weighted by Crippen LogP contribution is -2.03. The SMILES string of the molecule is COc1ccc(/C=C/C(=O)C2C=CC=C2)cc1OC. The first-order valence-electron chi connectivity index (χ1n) is 6.03. The summed E-state index contributed by atoms with van der Waals surface area (Å²) in [4.78, 5) is 11.9. The molecule has 1 aromatic rings. The highest BCUT2D eigenvalue weighted by Gasteiger charge is 2.10. The Labute approximate surface area is 112 Å². The normalized spacial score (nSPS) is 14.2. The van der Waals surface area contributed by atoms with Crippen molar-refractivity contribution in [2.24, 2.45) is 5.92 Å². The third-order valence-electron chi connectivity index (χ3n) is 2.92. The van der Waals surface area contributed by atoms with Crippen molar-refractivity contribution in [3.63, 3.8) is 0 Å². The summed E-state index contributed by atoms with van der Waals surface area (Å²) in [5, 5.41) is 0. The molecule has 0 aliphatic heterocycles. The van der Waals surface area contributed by atoms with Gasteiger partial charge in [0, 0.05) is 0 Å². The Kier molecular flexibility index (Phi) is 4.18. The maximum atomic E-state index is 11.9. The van der Waals surface area contributed by atoms with Crippen LogP contribution in [0.5, 0.6) is 11.5 Å². The van der Waals surface area contributed by atoms with Crippen molar-refractivity contribution in [1.82, 2.24) is 0 Å². The average molecular weight is 256 g/mol. The standard InChI is InChI=1S/C16H16O3/c1-18-15-10-8-12(11-16(15)19-2)7-9-14(17)13-5-3-4-6-13/h3-11,13H,1-2H3/b9-7+. The van der Waals surface area contributed by atoms with E-state index in [9.17, 15) is 4.79 Å². The summed E-state index contributed by atoms with van der Waals surface area (Å²) in [6, 6.07) is 5.53. The number of hydrogen-bond acceptors (Lipinski definition) is 3. The molecule has 0 unspecified atom stereocenters. The zero-order valence-electron chi connectivity index (χ0n) is 11.0. The largest absolute Gasteiger partial charge is 0.493 e. The maximum Gasteiger partial charge on any atom is 0.166 e. The molecule has 0 saturated carbocycles. The van der Waals surface area contributed by atoms with E-state index in [1.807, 2.05) is 42.5 Å². The Balaban J connectivity index is 2.12. The number of carbonyl (C=O) groups is 1. The van der Waals surface area contributed by atoms with Crippen LogP contribution >= 0.6 is 0 Å². The van der Waals surface area contributed by atoms with Gasteiger partial charge in [-0.25, -0.2) is 0 Å². The van der Waals surface area contributed by atoms with Gasteiger partial charge in [-0.1, -0.05) is 36.4 Å². The number of ketones is 1. The number of carbonyl (C=O) groups excluding carboxylic acids is 1. The second-order valence-corrected chi connectivity index (χ2v) is 4.15. The number of rotatable bonds is 5. The van der Waals surface area contributed by atoms with E-state index in [1.54, 1.807) is 26.4 Å². The van der Waals surface area contributed by atoms with Crippen LogP contribution < -0.4 is 9.47 Å². The molecule has 0 bridgehead atoms. The summed E-state index contributed by atoms with van der Waals surface area (Å²) in [6.07, 6.45) is 10.9. The lowest BCUT2D eigenvalue weighted by atomic mass is 10.0. The molecule has 1 aliphatic rings. The molecule has 0 amide bonds. The smallest absolute Gasteiger partial charge is 0.166 e. The summed E-state index contributed by atoms with van der Waals surface area (Å²) >= 11 is 0. The zero-order chi connectivity index (χ0) is 13.7. The lowest BCUT2D eigenvalue weighted by Gasteiger charge is -2.07. The lowest BCUT2D eigenvalue weighted by molar-refractivity contribution is -0.115. The van der Waals surface area contributed by atoms with Crippen molar-refractivity contribution < 1.29 is 14.3 Å². The van der Waals surface area contributed by atoms with E-state index in [0.29, 0.717) is 11.5 Å². The van der Waals surface area contributed by atoms with Gasteiger partial charge in [0.25, 0.3) is 0 Å². The fourth-order valence-corrected chi connectivity index (χ4v) is 1.87. The summed E-state index contributed by atoms with van der Waals surface area (Å²) in [5.41, 5.74) is 0.900. The van der Waals surface area contributed by atoms with Crippen molar-refractivity contribution in [3.05, 3.63) is 54.1 Å². The van der Waals surface area contributed by atoms with Gasteiger partial charge in [0.2, 0.25) is 0 Å². The Morgan fingerprint density at radius 3 is 2.42 bits per heavy atom. The monoisotopic (exact) mass is 256 g/mol. The molecule has 0 saturated heterocycles. The highest BCUT2D eigenvalue weighted by atomic mass is 16.5. The van der Waals surface area contributed by atoms with Crippen LogP contribution in [-0.4, -0.2) is 20.0 Å². The van der Waals surface area contributed by atoms with Gasteiger partial charge in [0.15, 0.2) is 17.3 Å². The van der Waals surface area contributed by atoms with E-state index in [2.05, 4.69) is 0 Å². The van der Waals surface area contributed by atoms with Crippen molar-refractivity contribution in [1.29, 1.82) is 0 Å². The molecule has 0 fully saturated rings. The summed E-state index contributed by atoms with van der Waals surface area (Å²) in [5.74, 6) is 1.27. The summed E-state index contributed by atoms with van der Waals surface area (Å²) in [6.45, 7) is 0. The van der Waals surface area contributed by atoms with Gasteiger partial charge in [-0.3, -0.25) is 4.79 Å². The number of ether oxygens (including phenoxy) is 2. The second kappa shape index (κ2) is 6.05. The fraction of sp³-hybridized carbons (Fsp3) is 0.188. The minimum absolute atomic E-state index is 0.0692. The first kappa shape index (κ1) is 13.1. The van der Waals surface area contributed by atoms with E-state index in [0.717, 1.165) is 5.56 Å². The molecule has 3 heteroatoms.